The molecule has 1 aromatic carbocycles. The van der Waals surface area contributed by atoms with Crippen molar-refractivity contribution in [2.45, 2.75) is 38.8 Å². The third-order valence-electron chi connectivity index (χ3n) is 3.35. The zero-order valence-corrected chi connectivity index (χ0v) is 9.74. The number of rotatable bonds is 5. The summed E-state index contributed by atoms with van der Waals surface area (Å²) in [5, 5.41) is 12.4. The molecule has 1 fully saturated rings. The second-order valence-electron chi connectivity index (χ2n) is 5.06. The fourth-order valence-corrected chi connectivity index (χ4v) is 1.91. The molecule has 0 aromatic heterocycles. The first kappa shape index (κ1) is 11.2. The van der Waals surface area contributed by atoms with E-state index in [4.69, 9.17) is 5.26 Å². The van der Waals surface area contributed by atoms with Gasteiger partial charge in [-0.1, -0.05) is 37.3 Å². The summed E-state index contributed by atoms with van der Waals surface area (Å²) >= 11 is 0. The summed E-state index contributed by atoms with van der Waals surface area (Å²) in [6.07, 6.45) is 3.53. The molecule has 1 unspecified atom stereocenters. The van der Waals surface area contributed by atoms with Gasteiger partial charge in [0.2, 0.25) is 0 Å². The van der Waals surface area contributed by atoms with E-state index in [0.29, 0.717) is 5.41 Å². The first-order valence-corrected chi connectivity index (χ1v) is 5.89. The Balaban J connectivity index is 1.82. The van der Waals surface area contributed by atoms with Crippen LogP contribution in [0.25, 0.3) is 0 Å². The maximum Gasteiger partial charge on any atom is 0.0960 e. The number of hydrogen-bond donors (Lipinski definition) is 1. The molecule has 0 spiro atoms. The third kappa shape index (κ3) is 3.08. The van der Waals surface area contributed by atoms with Crippen LogP contribution in [0.5, 0.6) is 0 Å². The van der Waals surface area contributed by atoms with Gasteiger partial charge in [0.05, 0.1) is 12.1 Å². The molecule has 0 bridgehead atoms. The molecule has 1 saturated carbocycles. The third-order valence-corrected chi connectivity index (χ3v) is 3.35. The van der Waals surface area contributed by atoms with Gasteiger partial charge in [-0.3, -0.25) is 5.32 Å². The van der Waals surface area contributed by atoms with Crippen LogP contribution in [0, 0.1) is 16.7 Å². The fraction of sp³-hybridized carbons (Fsp3) is 0.500. The van der Waals surface area contributed by atoms with E-state index in [1.54, 1.807) is 0 Å². The minimum absolute atomic E-state index is 0.00675. The number of nitriles is 1. The van der Waals surface area contributed by atoms with Gasteiger partial charge in [-0.2, -0.15) is 5.26 Å². The first-order chi connectivity index (χ1) is 7.72. The highest BCUT2D eigenvalue weighted by Crippen LogP contribution is 2.48. The highest BCUT2D eigenvalue weighted by atomic mass is 14.9. The van der Waals surface area contributed by atoms with Crippen LogP contribution in [0.15, 0.2) is 30.3 Å². The summed E-state index contributed by atoms with van der Waals surface area (Å²) in [5.41, 5.74) is 1.67. The Hall–Kier alpha value is -1.33. The monoisotopic (exact) mass is 214 g/mol. The molecule has 2 rings (SSSR count). The maximum atomic E-state index is 9.08. The van der Waals surface area contributed by atoms with Crippen molar-refractivity contribution < 1.29 is 0 Å². The Morgan fingerprint density at radius 2 is 2.06 bits per heavy atom. The molecule has 0 radical (unpaired) electrons. The maximum absolute atomic E-state index is 9.08. The molecule has 84 valence electrons. The Morgan fingerprint density at radius 3 is 2.62 bits per heavy atom. The Bertz CT molecular complexity index is 373. The molecular weight excluding hydrogens is 196 g/mol. The van der Waals surface area contributed by atoms with Gasteiger partial charge in [-0.25, -0.2) is 0 Å². The van der Waals surface area contributed by atoms with Gasteiger partial charge < -0.3 is 0 Å². The van der Waals surface area contributed by atoms with Crippen LogP contribution in [-0.4, -0.2) is 6.04 Å². The summed E-state index contributed by atoms with van der Waals surface area (Å²) in [6, 6.07) is 12.6. The molecule has 1 N–H and O–H groups in total. The molecule has 0 amide bonds. The van der Waals surface area contributed by atoms with Crippen molar-refractivity contribution >= 4 is 0 Å². The van der Waals surface area contributed by atoms with E-state index in [1.165, 1.54) is 18.4 Å². The molecule has 1 atom stereocenters. The van der Waals surface area contributed by atoms with E-state index in [9.17, 15) is 0 Å². The second-order valence-corrected chi connectivity index (χ2v) is 5.06. The van der Waals surface area contributed by atoms with E-state index in [-0.39, 0.29) is 6.04 Å². The summed E-state index contributed by atoms with van der Waals surface area (Å²) in [4.78, 5) is 0. The molecule has 1 aromatic rings. The minimum Gasteiger partial charge on any atom is -0.298 e. The fourth-order valence-electron chi connectivity index (χ4n) is 1.91. The van der Waals surface area contributed by atoms with Crippen LogP contribution in [0.4, 0.5) is 0 Å². The van der Waals surface area contributed by atoms with E-state index in [2.05, 4.69) is 30.4 Å². The van der Waals surface area contributed by atoms with Crippen LogP contribution in [0.1, 0.15) is 31.7 Å². The van der Waals surface area contributed by atoms with Crippen molar-refractivity contribution in [3.63, 3.8) is 0 Å². The van der Waals surface area contributed by atoms with Crippen LogP contribution < -0.4 is 5.32 Å². The van der Waals surface area contributed by atoms with Crippen LogP contribution in [-0.2, 0) is 6.54 Å². The average Bonchev–Trinajstić information content (AvgIpc) is 3.04. The van der Waals surface area contributed by atoms with Gasteiger partial charge in [-0.05, 0) is 30.2 Å². The topological polar surface area (TPSA) is 35.8 Å². The number of benzene rings is 1. The van der Waals surface area contributed by atoms with Gasteiger partial charge >= 0.3 is 0 Å². The summed E-state index contributed by atoms with van der Waals surface area (Å²) in [5.74, 6) is 0. The predicted octanol–water partition coefficient (Wildman–Crippen LogP) is 2.86. The zero-order valence-electron chi connectivity index (χ0n) is 9.74. The smallest absolute Gasteiger partial charge is 0.0960 e. The van der Waals surface area contributed by atoms with Crippen molar-refractivity contribution in [2.24, 2.45) is 5.41 Å². The van der Waals surface area contributed by atoms with Crippen LogP contribution in [0.3, 0.4) is 0 Å². The van der Waals surface area contributed by atoms with Gasteiger partial charge in [-0.15, -0.1) is 0 Å². The number of nitrogens with zero attached hydrogens (tertiary/aromatic N) is 1. The molecule has 2 nitrogen and oxygen atoms in total. The lowest BCUT2D eigenvalue weighted by Crippen LogP contribution is -2.29. The molecule has 1 aliphatic carbocycles. The molecule has 0 saturated heterocycles. The highest BCUT2D eigenvalue weighted by Gasteiger charge is 2.39. The normalized spacial score (nSPS) is 18.8. The highest BCUT2D eigenvalue weighted by molar-refractivity contribution is 5.15. The van der Waals surface area contributed by atoms with Crippen molar-refractivity contribution in [3.05, 3.63) is 35.9 Å². The first-order valence-electron chi connectivity index (χ1n) is 5.89. The second kappa shape index (κ2) is 4.67. The standard InChI is InChI=1S/C14H18N2/c1-14(7-8-14)9-13(10-15)16-11-12-5-3-2-4-6-12/h2-6,13,16H,7-9,11H2,1H3. The molecule has 1 aliphatic rings. The lowest BCUT2D eigenvalue weighted by molar-refractivity contribution is 0.437. The molecule has 0 aliphatic heterocycles. The predicted molar refractivity (Wildman–Crippen MR) is 64.6 cm³/mol. The summed E-state index contributed by atoms with van der Waals surface area (Å²) in [6.45, 7) is 3.05. The number of hydrogen-bond acceptors (Lipinski definition) is 2. The largest absolute Gasteiger partial charge is 0.298 e. The molecule has 2 heteroatoms. The Morgan fingerprint density at radius 1 is 1.38 bits per heavy atom. The summed E-state index contributed by atoms with van der Waals surface area (Å²) < 4.78 is 0. The zero-order chi connectivity index (χ0) is 11.4. The van der Waals surface area contributed by atoms with E-state index >= 15 is 0 Å². The Labute approximate surface area is 97.3 Å². The minimum atomic E-state index is -0.00675. The average molecular weight is 214 g/mol. The molecule has 16 heavy (non-hydrogen) atoms. The van der Waals surface area contributed by atoms with E-state index < -0.39 is 0 Å². The van der Waals surface area contributed by atoms with Crippen LogP contribution >= 0.6 is 0 Å². The SMILES string of the molecule is CC1(CC(C#N)NCc2ccccc2)CC1. The molecule has 0 heterocycles. The van der Waals surface area contributed by atoms with Crippen molar-refractivity contribution in [1.82, 2.24) is 5.32 Å². The van der Waals surface area contributed by atoms with Gasteiger partial charge in [0.1, 0.15) is 0 Å². The van der Waals surface area contributed by atoms with Crippen molar-refractivity contribution in [3.8, 4) is 6.07 Å². The summed E-state index contributed by atoms with van der Waals surface area (Å²) in [7, 11) is 0. The van der Waals surface area contributed by atoms with Gasteiger partial charge in [0.15, 0.2) is 0 Å². The Kier molecular flexibility index (Phi) is 3.26. The van der Waals surface area contributed by atoms with E-state index in [1.807, 2.05) is 18.2 Å². The van der Waals surface area contributed by atoms with Crippen molar-refractivity contribution in [2.75, 3.05) is 0 Å². The van der Waals surface area contributed by atoms with Crippen LogP contribution in [0.2, 0.25) is 0 Å². The lowest BCUT2D eigenvalue weighted by atomic mass is 10.00. The molecular formula is C14H18N2. The quantitative estimate of drug-likeness (QED) is 0.818. The number of nitrogens with one attached hydrogen (secondary N) is 1. The van der Waals surface area contributed by atoms with Crippen molar-refractivity contribution in [1.29, 1.82) is 5.26 Å². The lowest BCUT2D eigenvalue weighted by Gasteiger charge is -2.15. The van der Waals surface area contributed by atoms with E-state index in [0.717, 1.165) is 13.0 Å². The van der Waals surface area contributed by atoms with Gasteiger partial charge in [0.25, 0.3) is 0 Å². The van der Waals surface area contributed by atoms with Gasteiger partial charge in [0, 0.05) is 6.54 Å².